The molecule has 1 N–H and O–H groups in total. The number of fused-ring (bicyclic) bond motifs is 2. The highest BCUT2D eigenvalue weighted by atomic mass is 35.5. The first kappa shape index (κ1) is 24.0. The predicted molar refractivity (Wildman–Crippen MR) is 135 cm³/mol. The second-order valence-corrected chi connectivity index (χ2v) is 10.4. The van der Waals surface area contributed by atoms with Gasteiger partial charge in [0.15, 0.2) is 0 Å². The lowest BCUT2D eigenvalue weighted by molar-refractivity contribution is -0.140. The Bertz CT molecular complexity index is 1070. The van der Waals surface area contributed by atoms with Crippen LogP contribution in [0.15, 0.2) is 48.5 Å². The molecule has 2 aromatic carbocycles. The third-order valence-electron chi connectivity index (χ3n) is 7.81. The van der Waals surface area contributed by atoms with Gasteiger partial charge in [-0.05, 0) is 67.9 Å². The fourth-order valence-electron chi connectivity index (χ4n) is 5.96. The molecular weight excluding hydrogens is 462 g/mol. The Kier molecular flexibility index (Phi) is 7.21. The summed E-state index contributed by atoms with van der Waals surface area (Å²) in [4.78, 5) is 43.0. The molecule has 2 aliphatic heterocycles. The van der Waals surface area contributed by atoms with E-state index < -0.39 is 6.04 Å². The molecule has 0 bridgehead atoms. The molecule has 35 heavy (non-hydrogen) atoms. The van der Waals surface area contributed by atoms with Crippen molar-refractivity contribution in [2.24, 2.45) is 5.92 Å². The number of amides is 3. The second kappa shape index (κ2) is 10.5. The summed E-state index contributed by atoms with van der Waals surface area (Å²) in [6, 6.07) is 14.3. The van der Waals surface area contributed by atoms with Crippen LogP contribution < -0.4 is 5.32 Å². The molecule has 3 atom stereocenters. The van der Waals surface area contributed by atoms with Crippen LogP contribution in [-0.4, -0.2) is 52.7 Å². The quantitative estimate of drug-likeness (QED) is 0.569. The number of rotatable bonds is 7. The number of piperidine rings is 1. The van der Waals surface area contributed by atoms with Crippen LogP contribution in [0.3, 0.4) is 0 Å². The van der Waals surface area contributed by atoms with Crippen molar-refractivity contribution in [1.82, 2.24) is 15.1 Å². The van der Waals surface area contributed by atoms with Crippen molar-refractivity contribution in [3.05, 3.63) is 70.2 Å². The zero-order valence-corrected chi connectivity index (χ0v) is 20.7. The number of carbonyl (C=O) groups is 3. The highest BCUT2D eigenvalue weighted by Gasteiger charge is 2.39. The van der Waals surface area contributed by atoms with E-state index >= 15 is 0 Å². The SMILES string of the molecule is O=C1c2ccccc2C(=O)N1CC[C@@H](NCc1ccc(Cl)cc1)C(=O)N1CCC[C@H]2CCCC[C@@H]21. The van der Waals surface area contributed by atoms with Crippen molar-refractivity contribution in [2.45, 2.75) is 63.6 Å². The van der Waals surface area contributed by atoms with E-state index in [9.17, 15) is 14.4 Å². The zero-order chi connectivity index (χ0) is 24.4. The van der Waals surface area contributed by atoms with Gasteiger partial charge in [-0.1, -0.05) is 48.7 Å². The highest BCUT2D eigenvalue weighted by Crippen LogP contribution is 2.35. The van der Waals surface area contributed by atoms with Crippen LogP contribution >= 0.6 is 11.6 Å². The molecule has 2 heterocycles. The van der Waals surface area contributed by atoms with Crippen LogP contribution in [0, 0.1) is 5.92 Å². The van der Waals surface area contributed by atoms with Crippen LogP contribution in [0.1, 0.15) is 71.2 Å². The van der Waals surface area contributed by atoms with Crippen molar-refractivity contribution < 1.29 is 14.4 Å². The van der Waals surface area contributed by atoms with E-state index in [0.29, 0.717) is 41.1 Å². The van der Waals surface area contributed by atoms with Crippen LogP contribution in [0.5, 0.6) is 0 Å². The maximum absolute atomic E-state index is 13.9. The Balaban J connectivity index is 1.32. The number of carbonyl (C=O) groups excluding carboxylic acids is 3. The predicted octanol–water partition coefficient (Wildman–Crippen LogP) is 4.67. The van der Waals surface area contributed by atoms with E-state index in [1.165, 1.54) is 30.6 Å². The van der Waals surface area contributed by atoms with Crippen molar-refractivity contribution in [2.75, 3.05) is 13.1 Å². The number of benzene rings is 2. The lowest BCUT2D eigenvalue weighted by atomic mass is 9.78. The molecule has 0 unspecified atom stereocenters. The molecule has 5 rings (SSSR count). The molecule has 184 valence electrons. The smallest absolute Gasteiger partial charge is 0.261 e. The van der Waals surface area contributed by atoms with Crippen molar-refractivity contribution in [3.8, 4) is 0 Å². The molecule has 2 aromatic rings. The van der Waals surface area contributed by atoms with Crippen LogP contribution in [0.4, 0.5) is 0 Å². The highest BCUT2D eigenvalue weighted by molar-refractivity contribution is 6.30. The van der Waals surface area contributed by atoms with E-state index in [2.05, 4.69) is 10.2 Å². The molecule has 2 fully saturated rings. The molecule has 0 aromatic heterocycles. The molecule has 7 heteroatoms. The van der Waals surface area contributed by atoms with Crippen molar-refractivity contribution >= 4 is 29.3 Å². The Morgan fingerprint density at radius 2 is 1.60 bits per heavy atom. The van der Waals surface area contributed by atoms with Gasteiger partial charge in [-0.2, -0.15) is 0 Å². The molecule has 0 spiro atoms. The van der Waals surface area contributed by atoms with Crippen LogP contribution in [0.25, 0.3) is 0 Å². The first-order chi connectivity index (χ1) is 17.0. The van der Waals surface area contributed by atoms with Gasteiger partial charge in [0.05, 0.1) is 17.2 Å². The molecule has 1 aliphatic carbocycles. The summed E-state index contributed by atoms with van der Waals surface area (Å²) in [6.07, 6.45) is 7.31. The molecule has 1 saturated heterocycles. The lowest BCUT2D eigenvalue weighted by Crippen LogP contribution is -2.56. The van der Waals surface area contributed by atoms with Gasteiger partial charge in [-0.15, -0.1) is 0 Å². The zero-order valence-electron chi connectivity index (χ0n) is 19.9. The number of likely N-dealkylation sites (tertiary alicyclic amines) is 1. The van der Waals surface area contributed by atoms with E-state index in [1.54, 1.807) is 24.3 Å². The van der Waals surface area contributed by atoms with Crippen molar-refractivity contribution in [1.29, 1.82) is 0 Å². The first-order valence-corrected chi connectivity index (χ1v) is 13.1. The summed E-state index contributed by atoms with van der Waals surface area (Å²) >= 11 is 6.03. The van der Waals surface area contributed by atoms with E-state index in [4.69, 9.17) is 11.6 Å². The van der Waals surface area contributed by atoms with E-state index in [1.807, 2.05) is 24.3 Å². The van der Waals surface area contributed by atoms with Gasteiger partial charge >= 0.3 is 0 Å². The molecule has 6 nitrogen and oxygen atoms in total. The number of halogens is 1. The van der Waals surface area contributed by atoms with Crippen molar-refractivity contribution in [3.63, 3.8) is 0 Å². The summed E-state index contributed by atoms with van der Waals surface area (Å²) in [5, 5.41) is 4.11. The first-order valence-electron chi connectivity index (χ1n) is 12.8. The summed E-state index contributed by atoms with van der Waals surface area (Å²) in [5.74, 6) is 0.126. The van der Waals surface area contributed by atoms with Gasteiger partial charge in [-0.3, -0.25) is 19.3 Å². The Labute approximate surface area is 211 Å². The second-order valence-electron chi connectivity index (χ2n) is 9.94. The largest absolute Gasteiger partial charge is 0.338 e. The normalized spacial score (nSPS) is 22.7. The number of nitrogens with one attached hydrogen (secondary N) is 1. The van der Waals surface area contributed by atoms with E-state index in [-0.39, 0.29) is 24.3 Å². The minimum atomic E-state index is -0.476. The molecule has 3 aliphatic rings. The standard InChI is InChI=1S/C28H32ClN3O3/c29-21-13-11-19(12-14-21)18-30-24(28(35)31-16-5-7-20-6-1-4-10-25(20)31)15-17-32-26(33)22-8-2-3-9-23(22)27(32)34/h2-3,8-9,11-14,20,24-25,30H,1,4-7,10,15-18H2/t20-,24-,25+/m1/s1. The fourth-order valence-corrected chi connectivity index (χ4v) is 6.08. The minimum Gasteiger partial charge on any atom is -0.338 e. The molecule has 1 saturated carbocycles. The maximum atomic E-state index is 13.9. The number of hydrogen-bond donors (Lipinski definition) is 1. The summed E-state index contributed by atoms with van der Waals surface area (Å²) in [7, 11) is 0. The maximum Gasteiger partial charge on any atom is 0.261 e. The Morgan fingerprint density at radius 1 is 0.943 bits per heavy atom. The number of hydrogen-bond acceptors (Lipinski definition) is 4. The topological polar surface area (TPSA) is 69.7 Å². The fraction of sp³-hybridized carbons (Fsp3) is 0.464. The van der Waals surface area contributed by atoms with Gasteiger partial charge in [-0.25, -0.2) is 0 Å². The van der Waals surface area contributed by atoms with E-state index in [0.717, 1.165) is 24.9 Å². The third kappa shape index (κ3) is 5.00. The molecule has 3 amide bonds. The van der Waals surface area contributed by atoms with Gasteiger partial charge in [0.2, 0.25) is 5.91 Å². The lowest BCUT2D eigenvalue weighted by Gasteiger charge is -2.45. The Hall–Kier alpha value is -2.70. The average Bonchev–Trinajstić information content (AvgIpc) is 3.14. The summed E-state index contributed by atoms with van der Waals surface area (Å²) < 4.78 is 0. The summed E-state index contributed by atoms with van der Waals surface area (Å²) in [5.41, 5.74) is 1.91. The van der Waals surface area contributed by atoms with Gasteiger partial charge < -0.3 is 10.2 Å². The molecule has 0 radical (unpaired) electrons. The average molecular weight is 494 g/mol. The van der Waals surface area contributed by atoms with Gasteiger partial charge in [0.1, 0.15) is 0 Å². The van der Waals surface area contributed by atoms with Gasteiger partial charge in [0, 0.05) is 30.7 Å². The number of imide groups is 1. The number of nitrogens with zero attached hydrogens (tertiary/aromatic N) is 2. The van der Waals surface area contributed by atoms with Crippen LogP contribution in [-0.2, 0) is 11.3 Å². The van der Waals surface area contributed by atoms with Gasteiger partial charge in [0.25, 0.3) is 11.8 Å². The molecular formula is C28H32ClN3O3. The summed E-state index contributed by atoms with van der Waals surface area (Å²) in [6.45, 7) is 1.50. The van der Waals surface area contributed by atoms with Crippen LogP contribution in [0.2, 0.25) is 5.02 Å². The monoisotopic (exact) mass is 493 g/mol. The third-order valence-corrected chi connectivity index (χ3v) is 8.06. The minimum absolute atomic E-state index is 0.0900. The Morgan fingerprint density at radius 3 is 2.31 bits per heavy atom.